The first-order valence-corrected chi connectivity index (χ1v) is 7.95. The first-order chi connectivity index (χ1) is 11.7. The summed E-state index contributed by atoms with van der Waals surface area (Å²) < 4.78 is 7.54. The molecule has 4 heteroatoms. The van der Waals surface area contributed by atoms with Crippen LogP contribution in [0.1, 0.15) is 18.9 Å². The predicted molar refractivity (Wildman–Crippen MR) is 97.5 cm³/mol. The zero-order valence-corrected chi connectivity index (χ0v) is 13.5. The molecule has 0 aliphatic carbocycles. The van der Waals surface area contributed by atoms with Crippen molar-refractivity contribution in [2.24, 2.45) is 5.16 Å². The highest BCUT2D eigenvalue weighted by atomic mass is 16.7. The van der Waals surface area contributed by atoms with E-state index < -0.39 is 0 Å². The molecule has 0 bridgehead atoms. The molecule has 0 saturated carbocycles. The largest absolute Gasteiger partial charge is 0.443 e. The van der Waals surface area contributed by atoms with E-state index in [-0.39, 0.29) is 0 Å². The smallest absolute Gasteiger partial charge is 0.218 e. The van der Waals surface area contributed by atoms with E-state index in [1.807, 2.05) is 6.92 Å². The quantitative estimate of drug-likeness (QED) is 0.675. The van der Waals surface area contributed by atoms with Gasteiger partial charge in [0.15, 0.2) is 6.26 Å². The summed E-state index contributed by atoms with van der Waals surface area (Å²) >= 11 is 0. The number of ether oxygens (including phenoxy) is 1. The molecule has 4 rings (SSSR count). The molecular weight excluding hydrogens is 300 g/mol. The van der Waals surface area contributed by atoms with Gasteiger partial charge >= 0.3 is 0 Å². The van der Waals surface area contributed by atoms with Gasteiger partial charge in [-0.3, -0.25) is 0 Å². The Labute approximate surface area is 140 Å². The highest BCUT2D eigenvalue weighted by Gasteiger charge is 2.11. The minimum atomic E-state index is 0.774. The zero-order valence-electron chi connectivity index (χ0n) is 13.5. The second-order valence-electron chi connectivity index (χ2n) is 5.96. The third kappa shape index (κ3) is 2.46. The number of hydrogen-bond acceptors (Lipinski definition) is 3. The SMILES string of the molecule is C=C(C)n1c2ccccc2c2cc(CCC3=CON=CO3)ccc21. The molecule has 0 spiro atoms. The predicted octanol–water partition coefficient (Wildman–Crippen LogP) is 5.05. The average Bonchev–Trinajstić information content (AvgIpc) is 2.95. The molecule has 0 unspecified atom stereocenters. The van der Waals surface area contributed by atoms with Crippen LogP contribution < -0.4 is 0 Å². The maximum Gasteiger partial charge on any atom is 0.218 e. The first kappa shape index (κ1) is 14.6. The van der Waals surface area contributed by atoms with Gasteiger partial charge in [-0.2, -0.15) is 0 Å². The van der Waals surface area contributed by atoms with Crippen molar-refractivity contribution in [2.45, 2.75) is 19.8 Å². The highest BCUT2D eigenvalue weighted by Crippen LogP contribution is 2.32. The molecule has 1 aliphatic heterocycles. The van der Waals surface area contributed by atoms with Crippen LogP contribution in [0.2, 0.25) is 0 Å². The van der Waals surface area contributed by atoms with Crippen molar-refractivity contribution in [2.75, 3.05) is 0 Å². The van der Waals surface area contributed by atoms with Crippen molar-refractivity contribution < 1.29 is 9.57 Å². The fourth-order valence-electron chi connectivity index (χ4n) is 3.20. The summed E-state index contributed by atoms with van der Waals surface area (Å²) in [6.45, 7) is 6.17. The average molecular weight is 318 g/mol. The molecule has 0 saturated heterocycles. The van der Waals surface area contributed by atoms with E-state index in [2.05, 4.69) is 58.8 Å². The number of benzene rings is 2. The third-order valence-electron chi connectivity index (χ3n) is 4.27. The van der Waals surface area contributed by atoms with Gasteiger partial charge in [-0.05, 0) is 42.3 Å². The van der Waals surface area contributed by atoms with Crippen LogP contribution in [0.4, 0.5) is 0 Å². The Morgan fingerprint density at radius 1 is 1.08 bits per heavy atom. The summed E-state index contributed by atoms with van der Waals surface area (Å²) in [5.74, 6) is 0.787. The molecule has 24 heavy (non-hydrogen) atoms. The van der Waals surface area contributed by atoms with E-state index in [1.54, 1.807) is 6.26 Å². The third-order valence-corrected chi connectivity index (χ3v) is 4.27. The van der Waals surface area contributed by atoms with Crippen molar-refractivity contribution in [1.29, 1.82) is 0 Å². The molecule has 3 aromatic rings. The van der Waals surface area contributed by atoms with Gasteiger partial charge in [0.05, 0.1) is 11.0 Å². The Kier molecular flexibility index (Phi) is 3.58. The summed E-state index contributed by atoms with van der Waals surface area (Å²) in [6, 6.07) is 15.0. The molecular formula is C20H18N2O2. The Balaban J connectivity index is 1.74. The lowest BCUT2D eigenvalue weighted by molar-refractivity contribution is 0.208. The fourth-order valence-corrected chi connectivity index (χ4v) is 3.20. The van der Waals surface area contributed by atoms with Crippen molar-refractivity contribution in [3.63, 3.8) is 0 Å². The monoisotopic (exact) mass is 318 g/mol. The van der Waals surface area contributed by atoms with E-state index in [0.29, 0.717) is 0 Å². The van der Waals surface area contributed by atoms with E-state index in [0.717, 1.165) is 24.3 Å². The van der Waals surface area contributed by atoms with E-state index >= 15 is 0 Å². The molecule has 0 N–H and O–H groups in total. The number of aryl methyl sites for hydroxylation is 1. The molecule has 2 aromatic carbocycles. The molecule has 0 atom stereocenters. The van der Waals surface area contributed by atoms with Crippen LogP contribution in [0.5, 0.6) is 0 Å². The second kappa shape index (κ2) is 5.89. The van der Waals surface area contributed by atoms with Gasteiger partial charge in [-0.1, -0.05) is 30.8 Å². The Hall–Kier alpha value is -3.01. The van der Waals surface area contributed by atoms with Crippen molar-refractivity contribution in [1.82, 2.24) is 4.57 Å². The van der Waals surface area contributed by atoms with Crippen LogP contribution in [-0.2, 0) is 16.0 Å². The van der Waals surface area contributed by atoms with Crippen molar-refractivity contribution in [3.8, 4) is 0 Å². The summed E-state index contributed by atoms with van der Waals surface area (Å²) in [5.41, 5.74) is 4.67. The van der Waals surface area contributed by atoms with Crippen LogP contribution in [0.25, 0.3) is 27.5 Å². The summed E-state index contributed by atoms with van der Waals surface area (Å²) in [4.78, 5) is 4.90. The second-order valence-corrected chi connectivity index (χ2v) is 5.96. The zero-order chi connectivity index (χ0) is 16.5. The van der Waals surface area contributed by atoms with Gasteiger partial charge in [0.1, 0.15) is 5.76 Å². The van der Waals surface area contributed by atoms with Crippen molar-refractivity contribution in [3.05, 3.63) is 66.6 Å². The van der Waals surface area contributed by atoms with Crippen LogP contribution in [0.15, 0.2) is 66.2 Å². The first-order valence-electron chi connectivity index (χ1n) is 7.95. The normalized spacial score (nSPS) is 13.6. The van der Waals surface area contributed by atoms with Gasteiger partial charge in [-0.15, -0.1) is 0 Å². The lowest BCUT2D eigenvalue weighted by Gasteiger charge is -2.09. The molecule has 120 valence electrons. The number of para-hydroxylation sites is 1. The van der Waals surface area contributed by atoms with Gasteiger partial charge in [-0.25, -0.2) is 0 Å². The van der Waals surface area contributed by atoms with Gasteiger partial charge in [0.2, 0.25) is 6.40 Å². The minimum Gasteiger partial charge on any atom is -0.443 e. The van der Waals surface area contributed by atoms with Crippen LogP contribution >= 0.6 is 0 Å². The molecule has 2 heterocycles. The Morgan fingerprint density at radius 3 is 2.71 bits per heavy atom. The minimum absolute atomic E-state index is 0.774. The Morgan fingerprint density at radius 2 is 1.92 bits per heavy atom. The van der Waals surface area contributed by atoms with E-state index in [1.165, 1.54) is 33.8 Å². The van der Waals surface area contributed by atoms with Gasteiger partial charge in [0.25, 0.3) is 0 Å². The summed E-state index contributed by atoms with van der Waals surface area (Å²) in [6.07, 6.45) is 4.52. The van der Waals surface area contributed by atoms with Crippen LogP contribution in [0.3, 0.4) is 0 Å². The summed E-state index contributed by atoms with van der Waals surface area (Å²) in [5, 5.41) is 6.05. The number of aromatic nitrogens is 1. The molecule has 1 aromatic heterocycles. The number of allylic oxidation sites excluding steroid dienone is 2. The Bertz CT molecular complexity index is 995. The van der Waals surface area contributed by atoms with Crippen LogP contribution in [0, 0.1) is 0 Å². The topological polar surface area (TPSA) is 35.8 Å². The maximum atomic E-state index is 5.32. The number of nitrogens with zero attached hydrogens (tertiary/aromatic N) is 2. The lowest BCUT2D eigenvalue weighted by atomic mass is 10.1. The molecule has 4 nitrogen and oxygen atoms in total. The number of oxime groups is 1. The van der Waals surface area contributed by atoms with Gasteiger partial charge in [0, 0.05) is 22.9 Å². The lowest BCUT2D eigenvalue weighted by Crippen LogP contribution is -1.98. The number of rotatable bonds is 4. The van der Waals surface area contributed by atoms with Crippen molar-refractivity contribution >= 4 is 33.9 Å². The number of hydrogen-bond donors (Lipinski definition) is 0. The standard InChI is InChI=1S/C20H18N2O2/c1-14(2)22-19-6-4-3-5-17(19)18-11-15(8-10-20(18)22)7-9-16-12-24-21-13-23-16/h3-6,8,10-13H,1,7,9H2,2H3. The number of fused-ring (bicyclic) bond motifs is 3. The molecule has 0 fully saturated rings. The maximum absolute atomic E-state index is 5.32. The highest BCUT2D eigenvalue weighted by molar-refractivity contribution is 6.10. The fraction of sp³-hybridized carbons (Fsp3) is 0.150. The van der Waals surface area contributed by atoms with Crippen LogP contribution in [-0.4, -0.2) is 11.0 Å². The molecule has 1 aliphatic rings. The van der Waals surface area contributed by atoms with E-state index in [4.69, 9.17) is 9.57 Å². The molecule has 0 amide bonds. The van der Waals surface area contributed by atoms with Gasteiger partial charge < -0.3 is 14.1 Å². The van der Waals surface area contributed by atoms with E-state index in [9.17, 15) is 0 Å². The molecule has 0 radical (unpaired) electrons. The summed E-state index contributed by atoms with van der Waals surface area (Å²) in [7, 11) is 0.